The third-order valence-corrected chi connectivity index (χ3v) is 4.98. The van der Waals surface area contributed by atoms with Crippen molar-refractivity contribution in [2.45, 2.75) is 39.5 Å². The lowest BCUT2D eigenvalue weighted by Gasteiger charge is -2.31. The fourth-order valence-electron chi connectivity index (χ4n) is 3.42. The van der Waals surface area contributed by atoms with Gasteiger partial charge in [0.05, 0.1) is 5.69 Å². The first-order valence-electron chi connectivity index (χ1n) is 9.72. The molecule has 2 heterocycles. The second kappa shape index (κ2) is 8.61. The molecule has 0 atom stereocenters. The van der Waals surface area contributed by atoms with Gasteiger partial charge in [0.1, 0.15) is 11.6 Å². The Kier molecular flexibility index (Phi) is 6.21. The minimum Gasteiger partial charge on any atom is -0.336 e. The third kappa shape index (κ3) is 4.53. The highest BCUT2D eigenvalue weighted by Gasteiger charge is 2.27. The highest BCUT2D eigenvalue weighted by molar-refractivity contribution is 5.90. The Morgan fingerprint density at radius 2 is 2.07 bits per heavy atom. The number of piperidine rings is 1. The van der Waals surface area contributed by atoms with Gasteiger partial charge in [-0.05, 0) is 50.0 Å². The Morgan fingerprint density at radius 3 is 2.70 bits per heavy atom. The zero-order valence-electron chi connectivity index (χ0n) is 16.3. The Balaban J connectivity index is 1.77. The molecule has 1 N–H and O–H groups in total. The molecule has 1 aliphatic rings. The maximum Gasteiger partial charge on any atom is 0.293 e. The first kappa shape index (κ1) is 19.5. The lowest BCUT2D eigenvalue weighted by Crippen LogP contribution is -2.41. The predicted molar refractivity (Wildman–Crippen MR) is 103 cm³/mol. The summed E-state index contributed by atoms with van der Waals surface area (Å²) in [6.45, 7) is 9.49. The van der Waals surface area contributed by atoms with Crippen molar-refractivity contribution >= 4 is 5.91 Å². The van der Waals surface area contributed by atoms with Crippen LogP contribution < -0.4 is 5.32 Å². The molecule has 2 aromatic rings. The summed E-state index contributed by atoms with van der Waals surface area (Å²) in [7, 11) is 0. The van der Waals surface area contributed by atoms with Crippen molar-refractivity contribution in [1.29, 1.82) is 0 Å². The summed E-state index contributed by atoms with van der Waals surface area (Å²) in [6, 6.07) is 6.19. The van der Waals surface area contributed by atoms with Crippen LogP contribution in [0.5, 0.6) is 0 Å². The molecule has 1 fully saturated rings. The molecule has 6 nitrogen and oxygen atoms in total. The summed E-state index contributed by atoms with van der Waals surface area (Å²) in [6.07, 6.45) is 1.97. The number of likely N-dealkylation sites (tertiary alicyclic amines) is 1. The maximum absolute atomic E-state index is 13.6. The quantitative estimate of drug-likeness (QED) is 0.846. The van der Waals surface area contributed by atoms with E-state index in [-0.39, 0.29) is 23.5 Å². The largest absolute Gasteiger partial charge is 0.336 e. The zero-order valence-corrected chi connectivity index (χ0v) is 16.3. The van der Waals surface area contributed by atoms with Crippen LogP contribution in [-0.2, 0) is 0 Å². The Hall–Kier alpha value is -2.28. The van der Waals surface area contributed by atoms with Gasteiger partial charge in [-0.15, -0.1) is 5.10 Å². The van der Waals surface area contributed by atoms with Crippen molar-refractivity contribution in [2.75, 3.05) is 26.2 Å². The van der Waals surface area contributed by atoms with Crippen LogP contribution in [0.2, 0.25) is 0 Å². The SMILES string of the molecule is CCNCC1CCN(C(=O)c2nc(C(C)C)n(-c3cccc(F)c3)n2)CC1. The molecule has 0 saturated carbocycles. The van der Waals surface area contributed by atoms with E-state index in [1.807, 2.05) is 18.7 Å². The number of hydrogen-bond donors (Lipinski definition) is 1. The van der Waals surface area contributed by atoms with E-state index >= 15 is 0 Å². The number of rotatable bonds is 6. The van der Waals surface area contributed by atoms with Crippen LogP contribution in [-0.4, -0.2) is 51.8 Å². The number of nitrogens with zero attached hydrogens (tertiary/aromatic N) is 4. The molecule has 1 aromatic carbocycles. The molecule has 0 unspecified atom stereocenters. The molecule has 0 aliphatic carbocycles. The van der Waals surface area contributed by atoms with Crippen molar-refractivity contribution in [1.82, 2.24) is 25.0 Å². The van der Waals surface area contributed by atoms with Crippen molar-refractivity contribution in [3.05, 3.63) is 41.7 Å². The van der Waals surface area contributed by atoms with Crippen molar-refractivity contribution < 1.29 is 9.18 Å². The number of carbonyl (C=O) groups is 1. The van der Waals surface area contributed by atoms with E-state index in [0.717, 1.165) is 39.0 Å². The molecule has 0 radical (unpaired) electrons. The highest BCUT2D eigenvalue weighted by atomic mass is 19.1. The summed E-state index contributed by atoms with van der Waals surface area (Å²) in [5.74, 6) is 1.03. The van der Waals surface area contributed by atoms with Gasteiger partial charge in [-0.1, -0.05) is 26.8 Å². The molecule has 1 saturated heterocycles. The Labute approximate surface area is 159 Å². The average Bonchev–Trinajstić information content (AvgIpc) is 3.12. The van der Waals surface area contributed by atoms with Crippen LogP contribution >= 0.6 is 0 Å². The van der Waals surface area contributed by atoms with E-state index in [4.69, 9.17) is 0 Å². The third-order valence-electron chi connectivity index (χ3n) is 4.98. The molecule has 7 heteroatoms. The van der Waals surface area contributed by atoms with Gasteiger partial charge in [-0.3, -0.25) is 4.79 Å². The van der Waals surface area contributed by atoms with E-state index in [9.17, 15) is 9.18 Å². The number of halogens is 1. The lowest BCUT2D eigenvalue weighted by atomic mass is 9.97. The van der Waals surface area contributed by atoms with Gasteiger partial charge in [0.2, 0.25) is 5.82 Å². The minimum absolute atomic E-state index is 0.0631. The van der Waals surface area contributed by atoms with Gasteiger partial charge in [-0.25, -0.2) is 14.1 Å². The first-order valence-corrected chi connectivity index (χ1v) is 9.72. The van der Waals surface area contributed by atoms with Crippen LogP contribution in [0, 0.1) is 11.7 Å². The summed E-state index contributed by atoms with van der Waals surface area (Å²) >= 11 is 0. The molecular formula is C20H28FN5O. The number of nitrogens with one attached hydrogen (secondary N) is 1. The van der Waals surface area contributed by atoms with Gasteiger partial charge in [0, 0.05) is 19.0 Å². The maximum atomic E-state index is 13.6. The molecule has 3 rings (SSSR count). The van der Waals surface area contributed by atoms with Crippen molar-refractivity contribution in [3.8, 4) is 5.69 Å². The van der Waals surface area contributed by atoms with E-state index in [2.05, 4.69) is 22.3 Å². The van der Waals surface area contributed by atoms with Gasteiger partial charge in [0.25, 0.3) is 5.91 Å². The van der Waals surface area contributed by atoms with Crippen LogP contribution in [0.25, 0.3) is 5.69 Å². The fraction of sp³-hybridized carbons (Fsp3) is 0.550. The average molecular weight is 373 g/mol. The summed E-state index contributed by atoms with van der Waals surface area (Å²) in [4.78, 5) is 19.2. The van der Waals surface area contributed by atoms with Gasteiger partial charge in [-0.2, -0.15) is 0 Å². The molecule has 0 bridgehead atoms. The highest BCUT2D eigenvalue weighted by Crippen LogP contribution is 2.21. The summed E-state index contributed by atoms with van der Waals surface area (Å²) in [5.41, 5.74) is 0.578. The minimum atomic E-state index is -0.339. The van der Waals surface area contributed by atoms with E-state index in [0.29, 0.717) is 17.4 Å². The van der Waals surface area contributed by atoms with E-state index < -0.39 is 0 Å². The smallest absolute Gasteiger partial charge is 0.293 e. The zero-order chi connectivity index (χ0) is 19.4. The number of carbonyl (C=O) groups excluding carboxylic acids is 1. The van der Waals surface area contributed by atoms with E-state index in [1.165, 1.54) is 12.1 Å². The van der Waals surface area contributed by atoms with E-state index in [1.54, 1.807) is 16.8 Å². The number of aromatic nitrogens is 3. The van der Waals surface area contributed by atoms with Gasteiger partial charge >= 0.3 is 0 Å². The molecule has 1 amide bonds. The summed E-state index contributed by atoms with van der Waals surface area (Å²) < 4.78 is 15.2. The predicted octanol–water partition coefficient (Wildman–Crippen LogP) is 2.99. The lowest BCUT2D eigenvalue weighted by molar-refractivity contribution is 0.0678. The van der Waals surface area contributed by atoms with Crippen molar-refractivity contribution in [3.63, 3.8) is 0 Å². The molecular weight excluding hydrogens is 345 g/mol. The topological polar surface area (TPSA) is 63.1 Å². The van der Waals surface area contributed by atoms with Gasteiger partial charge in [0.15, 0.2) is 0 Å². The fourth-order valence-corrected chi connectivity index (χ4v) is 3.42. The van der Waals surface area contributed by atoms with Crippen LogP contribution in [0.1, 0.15) is 56.0 Å². The molecule has 27 heavy (non-hydrogen) atoms. The number of hydrogen-bond acceptors (Lipinski definition) is 4. The molecule has 1 aliphatic heterocycles. The normalized spacial score (nSPS) is 15.5. The van der Waals surface area contributed by atoms with Gasteiger partial charge < -0.3 is 10.2 Å². The molecule has 0 spiro atoms. The monoisotopic (exact) mass is 373 g/mol. The van der Waals surface area contributed by atoms with Crippen LogP contribution in [0.3, 0.4) is 0 Å². The second-order valence-corrected chi connectivity index (χ2v) is 7.38. The standard InChI is InChI=1S/C20H28FN5O/c1-4-22-13-15-8-10-25(11-9-15)20(27)18-23-19(14(2)3)26(24-18)17-7-5-6-16(21)12-17/h5-7,12,14-15,22H,4,8-11,13H2,1-3H3. The Morgan fingerprint density at radius 1 is 1.33 bits per heavy atom. The van der Waals surface area contributed by atoms with Crippen LogP contribution in [0.4, 0.5) is 4.39 Å². The number of benzene rings is 1. The Bertz CT molecular complexity index is 780. The van der Waals surface area contributed by atoms with Crippen LogP contribution in [0.15, 0.2) is 24.3 Å². The van der Waals surface area contributed by atoms with Crippen molar-refractivity contribution in [2.24, 2.45) is 5.92 Å². The number of amides is 1. The second-order valence-electron chi connectivity index (χ2n) is 7.38. The summed E-state index contributed by atoms with van der Waals surface area (Å²) in [5, 5.41) is 7.80. The first-order chi connectivity index (χ1) is 13.0. The molecule has 1 aromatic heterocycles. The molecule has 146 valence electrons.